The fraction of sp³-hybridized carbons (Fsp3) is 0.909. The van der Waals surface area contributed by atoms with Crippen LogP contribution in [0.3, 0.4) is 0 Å². The van der Waals surface area contributed by atoms with Crippen molar-refractivity contribution in [1.82, 2.24) is 4.90 Å². The van der Waals surface area contributed by atoms with Crippen LogP contribution in [0.4, 0.5) is 0 Å². The second-order valence-corrected chi connectivity index (χ2v) is 3.97. The van der Waals surface area contributed by atoms with Crippen molar-refractivity contribution in [2.24, 2.45) is 5.92 Å². The van der Waals surface area contributed by atoms with Crippen molar-refractivity contribution in [2.75, 3.05) is 26.2 Å². The highest BCUT2D eigenvalue weighted by molar-refractivity contribution is 5.69. The molecular weight excluding hydrogens is 194 g/mol. The molecule has 0 radical (unpaired) electrons. The fourth-order valence-electron chi connectivity index (χ4n) is 1.44. The molecule has 0 fully saturated rings. The monoisotopic (exact) mass is 217 g/mol. The Morgan fingerprint density at radius 1 is 1.33 bits per heavy atom. The Balaban J connectivity index is 3.92. The van der Waals surface area contributed by atoms with Crippen LogP contribution in [0.15, 0.2) is 0 Å². The van der Waals surface area contributed by atoms with Gasteiger partial charge in [-0.05, 0) is 19.4 Å². The summed E-state index contributed by atoms with van der Waals surface area (Å²) in [6, 6.07) is 0. The molecule has 0 aliphatic heterocycles. The molecule has 0 spiro atoms. The molecule has 0 aliphatic carbocycles. The van der Waals surface area contributed by atoms with Gasteiger partial charge in [-0.2, -0.15) is 0 Å². The third-order valence-electron chi connectivity index (χ3n) is 2.41. The lowest BCUT2D eigenvalue weighted by atomic mass is 10.1. The zero-order chi connectivity index (χ0) is 11.7. The number of unbranched alkanes of at least 4 members (excludes halogenated alkanes) is 1. The second kappa shape index (κ2) is 8.68. The summed E-state index contributed by atoms with van der Waals surface area (Å²) in [5, 5.41) is 17.5. The van der Waals surface area contributed by atoms with Crippen LogP contribution in [0.1, 0.15) is 33.1 Å². The van der Waals surface area contributed by atoms with Gasteiger partial charge in [0.1, 0.15) is 0 Å². The number of nitrogens with zero attached hydrogens (tertiary/aromatic N) is 1. The number of aliphatic carboxylic acids is 1. The van der Waals surface area contributed by atoms with E-state index in [0.29, 0.717) is 6.54 Å². The van der Waals surface area contributed by atoms with Crippen molar-refractivity contribution in [3.05, 3.63) is 0 Å². The standard InChI is InChI=1S/C11H23NO3/c1-3-4-6-12(7-5-8-13)9-10(2)11(14)15/h10,13H,3-9H2,1-2H3,(H,14,15). The van der Waals surface area contributed by atoms with Gasteiger partial charge in [0.2, 0.25) is 0 Å². The van der Waals surface area contributed by atoms with E-state index in [1.807, 2.05) is 0 Å². The summed E-state index contributed by atoms with van der Waals surface area (Å²) in [6.07, 6.45) is 2.91. The average molecular weight is 217 g/mol. The van der Waals surface area contributed by atoms with Gasteiger partial charge in [-0.3, -0.25) is 4.79 Å². The Morgan fingerprint density at radius 2 is 1.93 bits per heavy atom. The number of carboxylic acid groups (broad SMARTS) is 1. The van der Waals surface area contributed by atoms with E-state index >= 15 is 0 Å². The number of hydrogen-bond donors (Lipinski definition) is 2. The lowest BCUT2D eigenvalue weighted by Gasteiger charge is -2.23. The van der Waals surface area contributed by atoms with Crippen molar-refractivity contribution >= 4 is 5.97 Å². The van der Waals surface area contributed by atoms with Gasteiger partial charge in [-0.1, -0.05) is 20.3 Å². The summed E-state index contributed by atoms with van der Waals surface area (Å²) in [4.78, 5) is 12.8. The van der Waals surface area contributed by atoms with Crippen LogP contribution in [-0.4, -0.2) is 47.3 Å². The highest BCUT2D eigenvalue weighted by Crippen LogP contribution is 2.03. The summed E-state index contributed by atoms with van der Waals surface area (Å²) in [6.45, 7) is 6.30. The van der Waals surface area contributed by atoms with Gasteiger partial charge >= 0.3 is 5.97 Å². The lowest BCUT2D eigenvalue weighted by Crippen LogP contribution is -2.33. The van der Waals surface area contributed by atoms with E-state index in [1.54, 1.807) is 6.92 Å². The van der Waals surface area contributed by atoms with Crippen molar-refractivity contribution in [3.63, 3.8) is 0 Å². The summed E-state index contributed by atoms with van der Waals surface area (Å²) < 4.78 is 0. The first-order chi connectivity index (χ1) is 7.11. The average Bonchev–Trinajstić information content (AvgIpc) is 2.21. The molecule has 0 saturated carbocycles. The van der Waals surface area contributed by atoms with E-state index in [1.165, 1.54) is 0 Å². The van der Waals surface area contributed by atoms with E-state index in [4.69, 9.17) is 10.2 Å². The van der Waals surface area contributed by atoms with Crippen LogP contribution >= 0.6 is 0 Å². The Labute approximate surface area is 91.9 Å². The lowest BCUT2D eigenvalue weighted by molar-refractivity contribution is -0.141. The zero-order valence-corrected chi connectivity index (χ0v) is 9.78. The molecule has 2 N–H and O–H groups in total. The van der Waals surface area contributed by atoms with Gasteiger partial charge in [0.15, 0.2) is 0 Å². The van der Waals surface area contributed by atoms with Crippen molar-refractivity contribution in [1.29, 1.82) is 0 Å². The van der Waals surface area contributed by atoms with Crippen LogP contribution in [0.25, 0.3) is 0 Å². The molecule has 1 atom stereocenters. The number of carboxylic acids is 1. The Morgan fingerprint density at radius 3 is 2.40 bits per heavy atom. The predicted molar refractivity (Wildman–Crippen MR) is 59.9 cm³/mol. The number of rotatable bonds is 9. The number of aliphatic hydroxyl groups is 1. The molecule has 0 aromatic rings. The third kappa shape index (κ3) is 7.33. The number of hydrogen-bond acceptors (Lipinski definition) is 3. The molecule has 0 rings (SSSR count). The van der Waals surface area contributed by atoms with Crippen molar-refractivity contribution < 1.29 is 15.0 Å². The molecule has 0 aromatic carbocycles. The molecule has 0 aliphatic rings. The summed E-state index contributed by atoms with van der Waals surface area (Å²) >= 11 is 0. The molecule has 0 aromatic heterocycles. The Hall–Kier alpha value is -0.610. The van der Waals surface area contributed by atoms with E-state index in [0.717, 1.165) is 32.4 Å². The minimum absolute atomic E-state index is 0.171. The first kappa shape index (κ1) is 14.4. The van der Waals surface area contributed by atoms with Gasteiger partial charge < -0.3 is 15.1 Å². The number of carbonyl (C=O) groups is 1. The third-order valence-corrected chi connectivity index (χ3v) is 2.41. The quantitative estimate of drug-likeness (QED) is 0.609. The SMILES string of the molecule is CCCCN(CCCO)CC(C)C(=O)O. The molecule has 4 heteroatoms. The topological polar surface area (TPSA) is 60.8 Å². The maximum atomic E-state index is 10.7. The molecule has 0 heterocycles. The largest absolute Gasteiger partial charge is 0.481 e. The highest BCUT2D eigenvalue weighted by Gasteiger charge is 2.15. The maximum absolute atomic E-state index is 10.7. The maximum Gasteiger partial charge on any atom is 0.307 e. The molecule has 0 saturated heterocycles. The molecule has 1 unspecified atom stereocenters. The summed E-state index contributed by atoms with van der Waals surface area (Å²) in [7, 11) is 0. The van der Waals surface area contributed by atoms with E-state index < -0.39 is 5.97 Å². The predicted octanol–water partition coefficient (Wildman–Crippen LogP) is 1.19. The molecule has 15 heavy (non-hydrogen) atoms. The van der Waals surface area contributed by atoms with Crippen LogP contribution in [0, 0.1) is 5.92 Å². The van der Waals surface area contributed by atoms with E-state index in [-0.39, 0.29) is 12.5 Å². The van der Waals surface area contributed by atoms with Crippen LogP contribution in [-0.2, 0) is 4.79 Å². The molecule has 90 valence electrons. The van der Waals surface area contributed by atoms with Crippen molar-refractivity contribution in [3.8, 4) is 0 Å². The van der Waals surface area contributed by atoms with Crippen LogP contribution in [0.2, 0.25) is 0 Å². The van der Waals surface area contributed by atoms with Crippen LogP contribution < -0.4 is 0 Å². The molecule has 0 amide bonds. The first-order valence-corrected chi connectivity index (χ1v) is 5.67. The smallest absolute Gasteiger partial charge is 0.307 e. The van der Waals surface area contributed by atoms with Gasteiger partial charge in [0.05, 0.1) is 5.92 Å². The Kier molecular flexibility index (Phi) is 8.33. The van der Waals surface area contributed by atoms with E-state index in [2.05, 4.69) is 11.8 Å². The fourth-order valence-corrected chi connectivity index (χ4v) is 1.44. The molecule has 4 nitrogen and oxygen atoms in total. The zero-order valence-electron chi connectivity index (χ0n) is 9.78. The van der Waals surface area contributed by atoms with Crippen LogP contribution in [0.5, 0.6) is 0 Å². The highest BCUT2D eigenvalue weighted by atomic mass is 16.4. The minimum Gasteiger partial charge on any atom is -0.481 e. The van der Waals surface area contributed by atoms with Crippen molar-refractivity contribution in [2.45, 2.75) is 33.1 Å². The van der Waals surface area contributed by atoms with Gasteiger partial charge in [-0.15, -0.1) is 0 Å². The summed E-state index contributed by atoms with van der Waals surface area (Å²) in [5.41, 5.74) is 0. The first-order valence-electron chi connectivity index (χ1n) is 5.67. The van der Waals surface area contributed by atoms with Gasteiger partial charge in [-0.25, -0.2) is 0 Å². The Bertz CT molecular complexity index is 165. The summed E-state index contributed by atoms with van der Waals surface area (Å²) in [5.74, 6) is -1.08. The van der Waals surface area contributed by atoms with Gasteiger partial charge in [0.25, 0.3) is 0 Å². The van der Waals surface area contributed by atoms with Gasteiger partial charge in [0, 0.05) is 19.7 Å². The number of aliphatic hydroxyl groups excluding tert-OH is 1. The second-order valence-electron chi connectivity index (χ2n) is 3.97. The molecule has 0 bridgehead atoms. The molecular formula is C11H23NO3. The van der Waals surface area contributed by atoms with E-state index in [9.17, 15) is 4.79 Å². The minimum atomic E-state index is -0.750. The normalized spacial score (nSPS) is 13.1.